The lowest BCUT2D eigenvalue weighted by Crippen LogP contribution is -2.05. The summed E-state index contributed by atoms with van der Waals surface area (Å²) in [4.78, 5) is 24.5. The van der Waals surface area contributed by atoms with Crippen molar-refractivity contribution in [2.75, 3.05) is 0 Å². The van der Waals surface area contributed by atoms with Crippen molar-refractivity contribution in [3.63, 3.8) is 0 Å². The number of esters is 1. The van der Waals surface area contributed by atoms with Gasteiger partial charge in [-0.1, -0.05) is 40.2 Å². The van der Waals surface area contributed by atoms with Crippen LogP contribution in [0.2, 0.25) is 0 Å². The van der Waals surface area contributed by atoms with Gasteiger partial charge in [-0.15, -0.1) is 11.3 Å². The standard InChI is InChI=1S/C20H13BrO3S/c21-16-8-6-15(7-9-16)18(22)12-5-14-3-10-17(11-4-14)24-20(23)19-2-1-13-25-19/h1-13H. The Hall–Kier alpha value is -2.50. The maximum atomic E-state index is 12.1. The molecule has 5 heteroatoms. The second-order valence-corrected chi connectivity index (χ2v) is 7.00. The molecule has 0 fully saturated rings. The number of hydrogen-bond donors (Lipinski definition) is 0. The first kappa shape index (κ1) is 17.3. The Morgan fingerprint density at radius 3 is 2.32 bits per heavy atom. The van der Waals surface area contributed by atoms with Crippen molar-refractivity contribution in [1.29, 1.82) is 0 Å². The summed E-state index contributed by atoms with van der Waals surface area (Å²) >= 11 is 4.68. The molecule has 0 amide bonds. The first-order valence-corrected chi connectivity index (χ1v) is 9.13. The third-order valence-corrected chi connectivity index (χ3v) is 4.75. The predicted octanol–water partition coefficient (Wildman–Crippen LogP) is 5.63. The van der Waals surface area contributed by atoms with Crippen LogP contribution in [0.1, 0.15) is 25.6 Å². The fraction of sp³-hybridized carbons (Fsp3) is 0. The molecule has 0 saturated heterocycles. The highest BCUT2D eigenvalue weighted by atomic mass is 79.9. The number of benzene rings is 2. The number of halogens is 1. The molecular weight excluding hydrogens is 400 g/mol. The van der Waals surface area contributed by atoms with Crippen LogP contribution in [0.25, 0.3) is 6.08 Å². The summed E-state index contributed by atoms with van der Waals surface area (Å²) < 4.78 is 6.23. The first-order valence-electron chi connectivity index (χ1n) is 7.45. The van der Waals surface area contributed by atoms with E-state index in [0.29, 0.717) is 16.2 Å². The average molecular weight is 413 g/mol. The Bertz CT molecular complexity index is 895. The second kappa shape index (κ2) is 8.05. The van der Waals surface area contributed by atoms with E-state index in [2.05, 4.69) is 15.9 Å². The number of hydrogen-bond acceptors (Lipinski definition) is 4. The maximum Gasteiger partial charge on any atom is 0.353 e. The van der Waals surface area contributed by atoms with Gasteiger partial charge in [0.05, 0.1) is 0 Å². The van der Waals surface area contributed by atoms with Crippen LogP contribution < -0.4 is 4.74 Å². The Morgan fingerprint density at radius 1 is 0.960 bits per heavy atom. The van der Waals surface area contributed by atoms with Gasteiger partial charge in [0, 0.05) is 10.0 Å². The van der Waals surface area contributed by atoms with Crippen LogP contribution in [0, 0.1) is 0 Å². The lowest BCUT2D eigenvalue weighted by molar-refractivity contribution is 0.0739. The van der Waals surface area contributed by atoms with Crippen molar-refractivity contribution in [3.8, 4) is 5.75 Å². The zero-order valence-corrected chi connectivity index (χ0v) is 15.4. The molecule has 3 nitrogen and oxygen atoms in total. The number of thiophene rings is 1. The summed E-state index contributed by atoms with van der Waals surface area (Å²) in [5.41, 5.74) is 1.47. The molecule has 1 aromatic heterocycles. The lowest BCUT2D eigenvalue weighted by atomic mass is 10.1. The highest BCUT2D eigenvalue weighted by molar-refractivity contribution is 9.10. The van der Waals surface area contributed by atoms with E-state index in [1.807, 2.05) is 17.5 Å². The molecule has 3 aromatic rings. The van der Waals surface area contributed by atoms with Crippen LogP contribution in [0.15, 0.2) is 76.6 Å². The summed E-state index contributed by atoms with van der Waals surface area (Å²) in [6.07, 6.45) is 3.26. The van der Waals surface area contributed by atoms with E-state index in [1.165, 1.54) is 17.4 Å². The summed E-state index contributed by atoms with van der Waals surface area (Å²) in [6, 6.07) is 17.7. The smallest absolute Gasteiger partial charge is 0.353 e. The van der Waals surface area contributed by atoms with Gasteiger partial charge in [0.25, 0.3) is 0 Å². The molecule has 0 aliphatic carbocycles. The third kappa shape index (κ3) is 4.75. The molecule has 0 saturated carbocycles. The maximum absolute atomic E-state index is 12.1. The predicted molar refractivity (Wildman–Crippen MR) is 103 cm³/mol. The normalized spacial score (nSPS) is 10.8. The van der Waals surface area contributed by atoms with Gasteiger partial charge in [0.2, 0.25) is 0 Å². The van der Waals surface area contributed by atoms with Crippen molar-refractivity contribution in [1.82, 2.24) is 0 Å². The number of carbonyl (C=O) groups excluding carboxylic acids is 2. The van der Waals surface area contributed by atoms with Gasteiger partial charge in [0.1, 0.15) is 10.6 Å². The largest absolute Gasteiger partial charge is 0.422 e. The monoisotopic (exact) mass is 412 g/mol. The average Bonchev–Trinajstić information content (AvgIpc) is 3.16. The molecule has 1 heterocycles. The topological polar surface area (TPSA) is 43.4 Å². The molecular formula is C20H13BrO3S. The summed E-state index contributed by atoms with van der Waals surface area (Å²) in [7, 11) is 0. The molecule has 0 N–H and O–H groups in total. The van der Waals surface area contributed by atoms with Gasteiger partial charge in [-0.2, -0.15) is 0 Å². The summed E-state index contributed by atoms with van der Waals surface area (Å²) in [5, 5.41) is 1.83. The van der Waals surface area contributed by atoms with Crippen LogP contribution in [-0.2, 0) is 0 Å². The lowest BCUT2D eigenvalue weighted by Gasteiger charge is -2.03. The van der Waals surface area contributed by atoms with E-state index < -0.39 is 0 Å². The second-order valence-electron chi connectivity index (χ2n) is 5.14. The third-order valence-electron chi connectivity index (χ3n) is 3.37. The van der Waals surface area contributed by atoms with Crippen LogP contribution >= 0.6 is 27.3 Å². The van der Waals surface area contributed by atoms with Gasteiger partial charge in [-0.3, -0.25) is 4.79 Å². The fourth-order valence-electron chi connectivity index (χ4n) is 2.08. The van der Waals surface area contributed by atoms with Crippen LogP contribution in [0.5, 0.6) is 5.75 Å². The van der Waals surface area contributed by atoms with E-state index in [0.717, 1.165) is 10.0 Å². The summed E-state index contributed by atoms with van der Waals surface area (Å²) in [5.74, 6) is 0.0270. The van der Waals surface area contributed by atoms with E-state index in [-0.39, 0.29) is 11.8 Å². The van der Waals surface area contributed by atoms with Crippen molar-refractivity contribution in [2.24, 2.45) is 0 Å². The number of rotatable bonds is 5. The van der Waals surface area contributed by atoms with Gasteiger partial charge < -0.3 is 4.74 Å². The molecule has 0 atom stereocenters. The molecule has 25 heavy (non-hydrogen) atoms. The Kier molecular flexibility index (Phi) is 5.58. The molecule has 0 aliphatic rings. The Labute approximate surface area is 157 Å². The molecule has 0 unspecified atom stereocenters. The van der Waals surface area contributed by atoms with E-state index in [4.69, 9.17) is 4.74 Å². The SMILES string of the molecule is O=C(C=Cc1ccc(OC(=O)c2cccs2)cc1)c1ccc(Br)cc1. The van der Waals surface area contributed by atoms with E-state index >= 15 is 0 Å². The van der Waals surface area contributed by atoms with Gasteiger partial charge in [-0.25, -0.2) is 4.79 Å². The van der Waals surface area contributed by atoms with Crippen molar-refractivity contribution < 1.29 is 14.3 Å². The number of carbonyl (C=O) groups is 2. The number of ether oxygens (including phenoxy) is 1. The Morgan fingerprint density at radius 2 is 1.68 bits per heavy atom. The zero-order chi connectivity index (χ0) is 17.6. The minimum atomic E-state index is -0.372. The van der Waals surface area contributed by atoms with Crippen LogP contribution in [-0.4, -0.2) is 11.8 Å². The van der Waals surface area contributed by atoms with E-state index in [9.17, 15) is 9.59 Å². The van der Waals surface area contributed by atoms with Gasteiger partial charge in [-0.05, 0) is 59.5 Å². The molecule has 124 valence electrons. The molecule has 2 aromatic carbocycles. The van der Waals surface area contributed by atoms with Crippen molar-refractivity contribution in [3.05, 3.63) is 92.6 Å². The zero-order valence-electron chi connectivity index (χ0n) is 13.0. The molecule has 0 bridgehead atoms. The van der Waals surface area contributed by atoms with Gasteiger partial charge in [0.15, 0.2) is 5.78 Å². The highest BCUT2D eigenvalue weighted by Crippen LogP contribution is 2.17. The molecule has 0 spiro atoms. The molecule has 0 radical (unpaired) electrons. The number of ketones is 1. The fourth-order valence-corrected chi connectivity index (χ4v) is 2.94. The first-order chi connectivity index (χ1) is 12.1. The van der Waals surface area contributed by atoms with Crippen LogP contribution in [0.4, 0.5) is 0 Å². The Balaban J connectivity index is 1.63. The van der Waals surface area contributed by atoms with E-state index in [1.54, 1.807) is 54.6 Å². The molecule has 3 rings (SSSR count). The minimum absolute atomic E-state index is 0.0688. The van der Waals surface area contributed by atoms with Gasteiger partial charge >= 0.3 is 5.97 Å². The van der Waals surface area contributed by atoms with Crippen LogP contribution in [0.3, 0.4) is 0 Å². The molecule has 0 aliphatic heterocycles. The van der Waals surface area contributed by atoms with Crippen molar-refractivity contribution in [2.45, 2.75) is 0 Å². The quantitative estimate of drug-likeness (QED) is 0.236. The summed E-state index contributed by atoms with van der Waals surface area (Å²) in [6.45, 7) is 0. The minimum Gasteiger partial charge on any atom is -0.422 e. The number of allylic oxidation sites excluding steroid dienone is 1. The van der Waals surface area contributed by atoms with Crippen molar-refractivity contribution >= 4 is 45.1 Å². The highest BCUT2D eigenvalue weighted by Gasteiger charge is 2.09.